The van der Waals surface area contributed by atoms with Gasteiger partial charge in [0.05, 0.1) is 5.60 Å². The van der Waals surface area contributed by atoms with Gasteiger partial charge in [-0.3, -0.25) is 0 Å². The van der Waals surface area contributed by atoms with Gasteiger partial charge in [-0.1, -0.05) is 0 Å². The molecule has 1 aliphatic heterocycles. The van der Waals surface area contributed by atoms with E-state index in [4.69, 9.17) is 4.42 Å². The van der Waals surface area contributed by atoms with Crippen molar-refractivity contribution < 1.29 is 9.52 Å². The van der Waals surface area contributed by atoms with Gasteiger partial charge in [0.2, 0.25) is 0 Å². The average Bonchev–Trinajstić information content (AvgIpc) is 2.61. The second kappa shape index (κ2) is 3.68. The van der Waals surface area contributed by atoms with E-state index >= 15 is 0 Å². The van der Waals surface area contributed by atoms with Crippen molar-refractivity contribution in [2.75, 3.05) is 13.1 Å². The largest absolute Gasteiger partial charge is 0.454 e. The van der Waals surface area contributed by atoms with Gasteiger partial charge in [0.25, 0.3) is 0 Å². The number of hydrogen-bond acceptors (Lipinski definition) is 3. The van der Waals surface area contributed by atoms with Crippen molar-refractivity contribution in [1.82, 2.24) is 5.32 Å². The predicted molar refractivity (Wildman–Crippen MR) is 57.3 cm³/mol. The molecule has 0 amide bonds. The molecular weight excluding hydrogens is 246 g/mol. The van der Waals surface area contributed by atoms with E-state index in [1.165, 1.54) is 0 Å². The molecule has 1 aliphatic rings. The van der Waals surface area contributed by atoms with Gasteiger partial charge in [-0.05, 0) is 47.4 Å². The molecule has 0 spiro atoms. The Kier molecular flexibility index (Phi) is 2.68. The lowest BCUT2D eigenvalue weighted by molar-refractivity contribution is 0.0561. The second-order valence-corrected chi connectivity index (χ2v) is 4.77. The van der Waals surface area contributed by atoms with Gasteiger partial charge in [0.15, 0.2) is 4.67 Å². The summed E-state index contributed by atoms with van der Waals surface area (Å²) in [6, 6.07) is 1.93. The van der Waals surface area contributed by atoms with Crippen molar-refractivity contribution in [3.63, 3.8) is 0 Å². The second-order valence-electron chi connectivity index (χ2n) is 3.98. The van der Waals surface area contributed by atoms with Gasteiger partial charge in [-0.2, -0.15) is 0 Å². The zero-order valence-corrected chi connectivity index (χ0v) is 9.73. The summed E-state index contributed by atoms with van der Waals surface area (Å²) < 4.78 is 6.21. The van der Waals surface area contributed by atoms with Crippen LogP contribution in [0.1, 0.15) is 17.7 Å². The van der Waals surface area contributed by atoms with E-state index in [2.05, 4.69) is 21.2 Å². The molecule has 1 aromatic rings. The van der Waals surface area contributed by atoms with E-state index < -0.39 is 5.60 Å². The maximum atomic E-state index is 10.1. The van der Waals surface area contributed by atoms with Crippen molar-refractivity contribution in [1.29, 1.82) is 0 Å². The minimum Gasteiger partial charge on any atom is -0.454 e. The monoisotopic (exact) mass is 259 g/mol. The molecule has 0 aliphatic carbocycles. The van der Waals surface area contributed by atoms with Gasteiger partial charge in [0.1, 0.15) is 5.76 Å². The summed E-state index contributed by atoms with van der Waals surface area (Å²) in [5.41, 5.74) is 0.472. The molecule has 14 heavy (non-hydrogen) atoms. The lowest BCUT2D eigenvalue weighted by Crippen LogP contribution is -2.33. The van der Waals surface area contributed by atoms with Crippen LogP contribution < -0.4 is 5.32 Å². The number of aryl methyl sites for hydroxylation is 1. The quantitative estimate of drug-likeness (QED) is 0.849. The minimum absolute atomic E-state index is 0.595. The summed E-state index contributed by atoms with van der Waals surface area (Å²) in [5.74, 6) is 0.878. The van der Waals surface area contributed by atoms with Gasteiger partial charge in [-0.25, -0.2) is 0 Å². The molecule has 0 aromatic carbocycles. The van der Waals surface area contributed by atoms with Crippen LogP contribution in [0.3, 0.4) is 0 Å². The van der Waals surface area contributed by atoms with E-state index in [-0.39, 0.29) is 0 Å². The molecule has 4 heteroatoms. The zero-order chi connectivity index (χ0) is 10.2. The average molecular weight is 260 g/mol. The van der Waals surface area contributed by atoms with E-state index in [1.54, 1.807) is 0 Å². The fourth-order valence-corrected chi connectivity index (χ4v) is 2.37. The van der Waals surface area contributed by atoms with Crippen LogP contribution >= 0.6 is 15.9 Å². The first-order chi connectivity index (χ1) is 6.59. The Morgan fingerprint density at radius 1 is 1.71 bits per heavy atom. The summed E-state index contributed by atoms with van der Waals surface area (Å²) in [5, 5.41) is 13.3. The van der Waals surface area contributed by atoms with Crippen molar-refractivity contribution >= 4 is 15.9 Å². The summed E-state index contributed by atoms with van der Waals surface area (Å²) >= 11 is 3.29. The Bertz CT molecular complexity index is 329. The molecule has 1 saturated heterocycles. The van der Waals surface area contributed by atoms with Crippen molar-refractivity contribution in [2.45, 2.75) is 25.4 Å². The topological polar surface area (TPSA) is 45.4 Å². The number of aliphatic hydroxyl groups is 1. The Hall–Kier alpha value is -0.320. The fourth-order valence-electron chi connectivity index (χ4n) is 1.83. The van der Waals surface area contributed by atoms with Gasteiger partial charge in [-0.15, -0.1) is 0 Å². The maximum Gasteiger partial charge on any atom is 0.169 e. The number of nitrogens with one attached hydrogen (secondary N) is 1. The van der Waals surface area contributed by atoms with Crippen LogP contribution in [0.15, 0.2) is 15.2 Å². The molecule has 1 fully saturated rings. The summed E-state index contributed by atoms with van der Waals surface area (Å²) in [6.45, 7) is 3.54. The highest BCUT2D eigenvalue weighted by Gasteiger charge is 2.32. The van der Waals surface area contributed by atoms with Gasteiger partial charge >= 0.3 is 0 Å². The molecular formula is C10H14BrNO2. The van der Waals surface area contributed by atoms with E-state index in [0.717, 1.165) is 29.0 Å². The van der Waals surface area contributed by atoms with E-state index in [0.29, 0.717) is 13.0 Å². The van der Waals surface area contributed by atoms with Crippen LogP contribution in [0.4, 0.5) is 0 Å². The van der Waals surface area contributed by atoms with E-state index in [9.17, 15) is 5.11 Å². The molecule has 78 valence electrons. The Morgan fingerprint density at radius 2 is 2.50 bits per heavy atom. The molecule has 1 atom stereocenters. The van der Waals surface area contributed by atoms with E-state index in [1.807, 2.05) is 13.0 Å². The molecule has 2 heterocycles. The number of β-amino-alcohol motifs (C(OH)–C–C–N with tert-alkyl or cyclic N) is 1. The SMILES string of the molecule is Cc1cc(Br)oc1CC1(O)CCNC1. The first kappa shape index (κ1) is 10.2. The van der Waals surface area contributed by atoms with Crippen LogP contribution in [0.25, 0.3) is 0 Å². The standard InChI is InChI=1S/C10H14BrNO2/c1-7-4-9(11)14-8(7)5-10(13)2-3-12-6-10/h4,12-13H,2-3,5-6H2,1H3. The number of furan rings is 1. The molecule has 2 rings (SSSR count). The highest BCUT2D eigenvalue weighted by atomic mass is 79.9. The molecule has 0 bridgehead atoms. The van der Waals surface area contributed by atoms with Crippen molar-refractivity contribution in [3.8, 4) is 0 Å². The summed E-state index contributed by atoms with van der Waals surface area (Å²) in [7, 11) is 0. The third-order valence-electron chi connectivity index (χ3n) is 2.70. The fraction of sp³-hybridized carbons (Fsp3) is 0.600. The maximum absolute atomic E-state index is 10.1. The molecule has 2 N–H and O–H groups in total. The lowest BCUT2D eigenvalue weighted by Gasteiger charge is -2.19. The first-order valence-corrected chi connectivity index (χ1v) is 5.56. The van der Waals surface area contributed by atoms with Crippen LogP contribution in [0.2, 0.25) is 0 Å². The zero-order valence-electron chi connectivity index (χ0n) is 8.14. The van der Waals surface area contributed by atoms with Crippen LogP contribution in [0.5, 0.6) is 0 Å². The Labute approximate surface area is 91.6 Å². The van der Waals surface area contributed by atoms with Crippen molar-refractivity contribution in [3.05, 3.63) is 22.1 Å². The third kappa shape index (κ3) is 2.02. The molecule has 0 saturated carbocycles. The molecule has 3 nitrogen and oxygen atoms in total. The van der Waals surface area contributed by atoms with Crippen molar-refractivity contribution in [2.24, 2.45) is 0 Å². The predicted octanol–water partition coefficient (Wildman–Crippen LogP) is 1.62. The Balaban J connectivity index is 2.13. The van der Waals surface area contributed by atoms with Crippen LogP contribution in [-0.4, -0.2) is 23.8 Å². The highest BCUT2D eigenvalue weighted by molar-refractivity contribution is 9.10. The lowest BCUT2D eigenvalue weighted by atomic mass is 9.96. The molecule has 0 radical (unpaired) electrons. The molecule has 1 unspecified atom stereocenters. The van der Waals surface area contributed by atoms with Gasteiger partial charge in [0, 0.05) is 13.0 Å². The van der Waals surface area contributed by atoms with Crippen LogP contribution in [-0.2, 0) is 6.42 Å². The number of halogens is 1. The summed E-state index contributed by atoms with van der Waals surface area (Å²) in [4.78, 5) is 0. The summed E-state index contributed by atoms with van der Waals surface area (Å²) in [6.07, 6.45) is 1.39. The molecule has 1 aromatic heterocycles. The number of hydrogen-bond donors (Lipinski definition) is 2. The van der Waals surface area contributed by atoms with Crippen LogP contribution in [0, 0.1) is 6.92 Å². The Morgan fingerprint density at radius 3 is 3.00 bits per heavy atom. The highest BCUT2D eigenvalue weighted by Crippen LogP contribution is 2.26. The third-order valence-corrected chi connectivity index (χ3v) is 3.09. The van der Waals surface area contributed by atoms with Gasteiger partial charge < -0.3 is 14.8 Å². The minimum atomic E-state index is -0.623. The first-order valence-electron chi connectivity index (χ1n) is 4.77. The normalized spacial score (nSPS) is 27.1. The number of rotatable bonds is 2. The smallest absolute Gasteiger partial charge is 0.169 e.